The number of fused-ring (bicyclic) bond motifs is 1. The number of aryl methyl sites for hydroxylation is 2. The Hall–Kier alpha value is -2.41. The van der Waals surface area contributed by atoms with Crippen molar-refractivity contribution in [2.24, 2.45) is 5.92 Å². The Morgan fingerprint density at radius 1 is 1.28 bits per heavy atom. The van der Waals surface area contributed by atoms with Gasteiger partial charge in [0.2, 0.25) is 5.91 Å². The molecule has 3 heterocycles. The van der Waals surface area contributed by atoms with E-state index in [0.717, 1.165) is 64.9 Å². The predicted molar refractivity (Wildman–Crippen MR) is 119 cm³/mol. The molecular formula is C22H26BrN5O. The molecular weight excluding hydrogens is 430 g/mol. The number of carbonyl (C=O) groups is 1. The largest absolute Gasteiger partial charge is 0.355 e. The average Bonchev–Trinajstić information content (AvgIpc) is 3.08. The van der Waals surface area contributed by atoms with Crippen LogP contribution in [-0.4, -0.2) is 33.8 Å². The Morgan fingerprint density at radius 2 is 2.07 bits per heavy atom. The van der Waals surface area contributed by atoms with Crippen LogP contribution < -0.4 is 10.2 Å². The molecule has 0 radical (unpaired) electrons. The minimum Gasteiger partial charge on any atom is -0.355 e. The molecule has 3 aromatic rings. The molecule has 7 heteroatoms. The number of amides is 1. The monoisotopic (exact) mass is 455 g/mol. The summed E-state index contributed by atoms with van der Waals surface area (Å²) in [6.07, 6.45) is 3.53. The zero-order valence-corrected chi connectivity index (χ0v) is 18.4. The first-order valence-electron chi connectivity index (χ1n) is 10.2. The second-order valence-electron chi connectivity index (χ2n) is 7.54. The summed E-state index contributed by atoms with van der Waals surface area (Å²) in [6.45, 7) is 7.18. The van der Waals surface area contributed by atoms with Crippen molar-refractivity contribution in [3.63, 3.8) is 0 Å². The fraction of sp³-hybridized carbons (Fsp3) is 0.409. The highest BCUT2D eigenvalue weighted by Gasteiger charge is 2.27. The number of pyridine rings is 1. The van der Waals surface area contributed by atoms with Crippen molar-refractivity contribution in [1.29, 1.82) is 0 Å². The highest BCUT2D eigenvalue weighted by Crippen LogP contribution is 2.30. The SMILES string of the molecule is CCn1nc(C)c2ccnc(N3CCC(C(=O)NCc4cccc(Br)c4)CC3)c21. The van der Waals surface area contributed by atoms with Crippen LogP contribution in [0.15, 0.2) is 41.0 Å². The van der Waals surface area contributed by atoms with Gasteiger partial charge in [0.1, 0.15) is 5.52 Å². The van der Waals surface area contributed by atoms with E-state index >= 15 is 0 Å². The van der Waals surface area contributed by atoms with Crippen LogP contribution in [0.2, 0.25) is 0 Å². The third-order valence-electron chi connectivity index (χ3n) is 5.64. The molecule has 1 saturated heterocycles. The molecule has 6 nitrogen and oxygen atoms in total. The summed E-state index contributed by atoms with van der Waals surface area (Å²) in [5, 5.41) is 8.90. The van der Waals surface area contributed by atoms with Gasteiger partial charge in [0.05, 0.1) is 5.69 Å². The van der Waals surface area contributed by atoms with Gasteiger partial charge in [-0.05, 0) is 50.5 Å². The number of rotatable bonds is 5. The van der Waals surface area contributed by atoms with Crippen LogP contribution in [0.5, 0.6) is 0 Å². The molecule has 4 rings (SSSR count). The molecule has 2 aromatic heterocycles. The molecule has 0 bridgehead atoms. The van der Waals surface area contributed by atoms with Crippen molar-refractivity contribution in [1.82, 2.24) is 20.1 Å². The van der Waals surface area contributed by atoms with Crippen LogP contribution in [0.1, 0.15) is 31.0 Å². The van der Waals surface area contributed by atoms with E-state index in [1.807, 2.05) is 48.1 Å². The standard InChI is InChI=1S/C22H26BrN5O/c1-3-28-20-19(15(2)26-28)7-10-24-21(20)27-11-8-17(9-12-27)22(29)25-14-16-5-4-6-18(23)13-16/h4-7,10,13,17H,3,8-9,11-12,14H2,1-2H3,(H,25,29). The number of hydrogen-bond acceptors (Lipinski definition) is 4. The lowest BCUT2D eigenvalue weighted by atomic mass is 9.95. The maximum Gasteiger partial charge on any atom is 0.223 e. The molecule has 1 aliphatic heterocycles. The molecule has 0 saturated carbocycles. The van der Waals surface area contributed by atoms with Gasteiger partial charge in [0, 0.05) is 48.2 Å². The Morgan fingerprint density at radius 3 is 2.79 bits per heavy atom. The van der Waals surface area contributed by atoms with Gasteiger partial charge in [-0.3, -0.25) is 9.48 Å². The first-order valence-corrected chi connectivity index (χ1v) is 11.0. The molecule has 152 valence electrons. The summed E-state index contributed by atoms with van der Waals surface area (Å²) >= 11 is 3.47. The van der Waals surface area contributed by atoms with Crippen LogP contribution in [-0.2, 0) is 17.9 Å². The molecule has 1 amide bonds. The lowest BCUT2D eigenvalue weighted by Crippen LogP contribution is -2.40. The Bertz CT molecular complexity index is 1020. The van der Waals surface area contributed by atoms with E-state index in [2.05, 4.69) is 43.2 Å². The summed E-state index contributed by atoms with van der Waals surface area (Å²) in [7, 11) is 0. The lowest BCUT2D eigenvalue weighted by Gasteiger charge is -2.32. The zero-order chi connectivity index (χ0) is 20.4. The van der Waals surface area contributed by atoms with Crippen molar-refractivity contribution in [2.45, 2.75) is 39.8 Å². The van der Waals surface area contributed by atoms with E-state index in [9.17, 15) is 4.79 Å². The highest BCUT2D eigenvalue weighted by atomic mass is 79.9. The van der Waals surface area contributed by atoms with Crippen LogP contribution in [0.3, 0.4) is 0 Å². The number of halogens is 1. The number of nitrogens with one attached hydrogen (secondary N) is 1. The first kappa shape index (κ1) is 19.9. The molecule has 1 aromatic carbocycles. The fourth-order valence-electron chi connectivity index (χ4n) is 4.07. The number of aromatic nitrogens is 3. The van der Waals surface area contributed by atoms with Gasteiger partial charge in [-0.15, -0.1) is 0 Å². The molecule has 0 atom stereocenters. The molecule has 1 aliphatic rings. The zero-order valence-electron chi connectivity index (χ0n) is 16.9. The minimum absolute atomic E-state index is 0.0513. The number of benzene rings is 1. The summed E-state index contributed by atoms with van der Waals surface area (Å²) in [6, 6.07) is 10.1. The molecule has 0 spiro atoms. The van der Waals surface area contributed by atoms with Crippen molar-refractivity contribution >= 4 is 38.6 Å². The molecule has 1 N–H and O–H groups in total. The van der Waals surface area contributed by atoms with Gasteiger partial charge >= 0.3 is 0 Å². The van der Waals surface area contributed by atoms with E-state index in [0.29, 0.717) is 6.54 Å². The van der Waals surface area contributed by atoms with Crippen LogP contribution in [0.25, 0.3) is 10.9 Å². The fourth-order valence-corrected chi connectivity index (χ4v) is 4.52. The number of anilines is 1. The molecule has 0 unspecified atom stereocenters. The average molecular weight is 456 g/mol. The quantitative estimate of drug-likeness (QED) is 0.629. The van der Waals surface area contributed by atoms with E-state index in [4.69, 9.17) is 0 Å². The number of piperidine rings is 1. The lowest BCUT2D eigenvalue weighted by molar-refractivity contribution is -0.125. The summed E-state index contributed by atoms with van der Waals surface area (Å²) in [5.41, 5.74) is 3.24. The normalized spacial score (nSPS) is 15.1. The van der Waals surface area contributed by atoms with Gasteiger partial charge in [-0.25, -0.2) is 4.98 Å². The minimum atomic E-state index is 0.0513. The topological polar surface area (TPSA) is 63.1 Å². The first-order chi connectivity index (χ1) is 14.1. The van der Waals surface area contributed by atoms with Crippen molar-refractivity contribution in [3.05, 3.63) is 52.3 Å². The molecule has 1 fully saturated rings. The Labute approximate surface area is 179 Å². The van der Waals surface area contributed by atoms with E-state index in [-0.39, 0.29) is 11.8 Å². The third kappa shape index (κ3) is 4.15. The maximum atomic E-state index is 12.6. The van der Waals surface area contributed by atoms with Gasteiger partial charge in [-0.1, -0.05) is 28.1 Å². The van der Waals surface area contributed by atoms with Gasteiger partial charge < -0.3 is 10.2 Å². The number of carbonyl (C=O) groups excluding carboxylic acids is 1. The smallest absolute Gasteiger partial charge is 0.223 e. The summed E-state index contributed by atoms with van der Waals surface area (Å²) < 4.78 is 3.06. The highest BCUT2D eigenvalue weighted by molar-refractivity contribution is 9.10. The number of hydrogen-bond donors (Lipinski definition) is 1. The van der Waals surface area contributed by atoms with Crippen molar-refractivity contribution < 1.29 is 4.79 Å². The van der Waals surface area contributed by atoms with E-state index in [1.54, 1.807) is 0 Å². The van der Waals surface area contributed by atoms with Gasteiger partial charge in [0.25, 0.3) is 0 Å². The summed E-state index contributed by atoms with van der Waals surface area (Å²) in [4.78, 5) is 19.6. The second kappa shape index (κ2) is 8.53. The Kier molecular flexibility index (Phi) is 5.85. The van der Waals surface area contributed by atoms with Crippen LogP contribution in [0, 0.1) is 12.8 Å². The number of nitrogens with zero attached hydrogens (tertiary/aromatic N) is 4. The van der Waals surface area contributed by atoms with Gasteiger partial charge in [0.15, 0.2) is 5.82 Å². The molecule has 0 aliphatic carbocycles. The third-order valence-corrected chi connectivity index (χ3v) is 6.14. The van der Waals surface area contributed by atoms with Crippen molar-refractivity contribution in [3.8, 4) is 0 Å². The molecule has 29 heavy (non-hydrogen) atoms. The van der Waals surface area contributed by atoms with Crippen LogP contribution >= 0.6 is 15.9 Å². The van der Waals surface area contributed by atoms with Crippen LogP contribution in [0.4, 0.5) is 5.82 Å². The second-order valence-corrected chi connectivity index (χ2v) is 8.46. The van der Waals surface area contributed by atoms with E-state index < -0.39 is 0 Å². The summed E-state index contributed by atoms with van der Waals surface area (Å²) in [5.74, 6) is 1.18. The Balaban J connectivity index is 1.41. The van der Waals surface area contributed by atoms with Crippen molar-refractivity contribution in [2.75, 3.05) is 18.0 Å². The van der Waals surface area contributed by atoms with E-state index in [1.165, 1.54) is 0 Å². The van der Waals surface area contributed by atoms with Gasteiger partial charge in [-0.2, -0.15) is 5.10 Å². The maximum absolute atomic E-state index is 12.6. The predicted octanol–water partition coefficient (Wildman–Crippen LogP) is 4.05.